The molecule has 1 aromatic carbocycles. The molecule has 3 heteroatoms. The Morgan fingerprint density at radius 1 is 1.00 bits per heavy atom. The minimum absolute atomic E-state index is 0.432. The molecule has 0 fully saturated rings. The lowest BCUT2D eigenvalue weighted by Crippen LogP contribution is -1.92. The van der Waals surface area contributed by atoms with Gasteiger partial charge in [-0.05, 0) is 5.56 Å². The van der Waals surface area contributed by atoms with E-state index in [1.54, 1.807) is 12.4 Å². The van der Waals surface area contributed by atoms with Crippen molar-refractivity contribution >= 4 is 11.6 Å². The molecule has 0 N–H and O–H groups in total. The van der Waals surface area contributed by atoms with Gasteiger partial charge in [-0.15, -0.1) is 0 Å². The fraction of sp³-hybridized carbons (Fsp3) is 0.0909. The summed E-state index contributed by atoms with van der Waals surface area (Å²) in [6.07, 6.45) is 4.07. The molecule has 0 amide bonds. The van der Waals surface area contributed by atoms with Gasteiger partial charge in [0.1, 0.15) is 5.15 Å². The predicted octanol–water partition coefficient (Wildman–Crippen LogP) is 2.72. The summed E-state index contributed by atoms with van der Waals surface area (Å²) in [7, 11) is 0. The van der Waals surface area contributed by atoms with E-state index in [4.69, 9.17) is 11.6 Å². The highest BCUT2D eigenvalue weighted by molar-refractivity contribution is 6.29. The van der Waals surface area contributed by atoms with Crippen molar-refractivity contribution in [1.29, 1.82) is 0 Å². The van der Waals surface area contributed by atoms with Crippen molar-refractivity contribution in [2.45, 2.75) is 6.42 Å². The highest BCUT2D eigenvalue weighted by atomic mass is 35.5. The highest BCUT2D eigenvalue weighted by Crippen LogP contribution is 2.07. The summed E-state index contributed by atoms with van der Waals surface area (Å²) >= 11 is 5.64. The van der Waals surface area contributed by atoms with Crippen molar-refractivity contribution in [2.24, 2.45) is 0 Å². The minimum Gasteiger partial charge on any atom is -0.256 e. The Hall–Kier alpha value is -1.41. The average molecular weight is 205 g/mol. The van der Waals surface area contributed by atoms with Crippen LogP contribution in [0.4, 0.5) is 0 Å². The van der Waals surface area contributed by atoms with Crippen molar-refractivity contribution in [3.05, 3.63) is 59.1 Å². The monoisotopic (exact) mass is 204 g/mol. The summed E-state index contributed by atoms with van der Waals surface area (Å²) < 4.78 is 0. The number of aromatic nitrogens is 2. The number of benzene rings is 1. The molecule has 14 heavy (non-hydrogen) atoms. The summed E-state index contributed by atoms with van der Waals surface area (Å²) in [5.41, 5.74) is 2.16. The molecule has 1 aromatic heterocycles. The normalized spacial score (nSPS) is 10.1. The van der Waals surface area contributed by atoms with Gasteiger partial charge in [0.25, 0.3) is 0 Å². The minimum atomic E-state index is 0.432. The lowest BCUT2D eigenvalue weighted by atomic mass is 10.1. The second-order valence-corrected chi connectivity index (χ2v) is 3.38. The molecule has 0 saturated carbocycles. The van der Waals surface area contributed by atoms with Crippen molar-refractivity contribution < 1.29 is 0 Å². The maximum absolute atomic E-state index is 5.64. The summed E-state index contributed by atoms with van der Waals surface area (Å²) in [5.74, 6) is 0. The van der Waals surface area contributed by atoms with Gasteiger partial charge in [0.15, 0.2) is 0 Å². The van der Waals surface area contributed by atoms with Crippen molar-refractivity contribution in [3.63, 3.8) is 0 Å². The van der Waals surface area contributed by atoms with E-state index in [1.165, 1.54) is 5.56 Å². The fourth-order valence-corrected chi connectivity index (χ4v) is 1.33. The van der Waals surface area contributed by atoms with Gasteiger partial charge in [0, 0.05) is 6.42 Å². The third-order valence-electron chi connectivity index (χ3n) is 1.90. The van der Waals surface area contributed by atoms with Crippen LogP contribution >= 0.6 is 11.6 Å². The zero-order valence-electron chi connectivity index (χ0n) is 7.52. The standard InChI is InChI=1S/C11H9ClN2/c12-11-8-13-10(7-14-11)6-9-4-2-1-3-5-9/h1-5,7-8H,6H2. The zero-order chi connectivity index (χ0) is 9.80. The van der Waals surface area contributed by atoms with Gasteiger partial charge >= 0.3 is 0 Å². The Balaban J connectivity index is 2.16. The Bertz CT molecular complexity index is 397. The van der Waals surface area contributed by atoms with E-state index in [0.29, 0.717) is 5.15 Å². The van der Waals surface area contributed by atoms with E-state index >= 15 is 0 Å². The van der Waals surface area contributed by atoms with Gasteiger partial charge in [-0.3, -0.25) is 4.98 Å². The Morgan fingerprint density at radius 2 is 1.79 bits per heavy atom. The lowest BCUT2D eigenvalue weighted by molar-refractivity contribution is 1.03. The van der Waals surface area contributed by atoms with Gasteiger partial charge < -0.3 is 0 Å². The van der Waals surface area contributed by atoms with Gasteiger partial charge in [-0.25, -0.2) is 4.98 Å². The third-order valence-corrected chi connectivity index (χ3v) is 2.10. The predicted molar refractivity (Wildman–Crippen MR) is 56.3 cm³/mol. The summed E-state index contributed by atoms with van der Waals surface area (Å²) in [6.45, 7) is 0. The van der Waals surface area contributed by atoms with Gasteiger partial charge in [-0.2, -0.15) is 0 Å². The summed E-state index contributed by atoms with van der Waals surface area (Å²) in [6, 6.07) is 10.2. The quantitative estimate of drug-likeness (QED) is 0.752. The molecule has 0 aliphatic rings. The van der Waals surface area contributed by atoms with E-state index < -0.39 is 0 Å². The zero-order valence-corrected chi connectivity index (χ0v) is 8.28. The molecule has 0 bridgehead atoms. The van der Waals surface area contributed by atoms with Crippen LogP contribution in [-0.4, -0.2) is 9.97 Å². The van der Waals surface area contributed by atoms with Crippen molar-refractivity contribution in [3.8, 4) is 0 Å². The average Bonchev–Trinajstić information content (AvgIpc) is 2.23. The molecule has 0 saturated heterocycles. The highest BCUT2D eigenvalue weighted by Gasteiger charge is 1.97. The third kappa shape index (κ3) is 2.30. The maximum atomic E-state index is 5.64. The second kappa shape index (κ2) is 4.20. The van der Waals surface area contributed by atoms with Crippen molar-refractivity contribution in [2.75, 3.05) is 0 Å². The Morgan fingerprint density at radius 3 is 2.43 bits per heavy atom. The van der Waals surface area contributed by atoms with E-state index in [2.05, 4.69) is 22.1 Å². The molecule has 2 aromatic rings. The lowest BCUT2D eigenvalue weighted by Gasteiger charge is -1.99. The summed E-state index contributed by atoms with van der Waals surface area (Å²) in [5, 5.41) is 0.432. The molecule has 0 aliphatic heterocycles. The molecule has 1 heterocycles. The molecule has 0 spiro atoms. The first kappa shape index (κ1) is 9.16. The topological polar surface area (TPSA) is 25.8 Å². The van der Waals surface area contributed by atoms with E-state index in [0.717, 1.165) is 12.1 Å². The first-order valence-electron chi connectivity index (χ1n) is 4.35. The van der Waals surface area contributed by atoms with Crippen LogP contribution in [-0.2, 0) is 6.42 Å². The molecule has 2 nitrogen and oxygen atoms in total. The SMILES string of the molecule is Clc1cnc(Cc2ccccc2)cn1. The molecule has 0 unspecified atom stereocenters. The Kier molecular flexibility index (Phi) is 2.75. The van der Waals surface area contributed by atoms with Gasteiger partial charge in [0.05, 0.1) is 18.1 Å². The van der Waals surface area contributed by atoms with Gasteiger partial charge in [-0.1, -0.05) is 41.9 Å². The second-order valence-electron chi connectivity index (χ2n) is 2.99. The van der Waals surface area contributed by atoms with Crippen LogP contribution < -0.4 is 0 Å². The summed E-state index contributed by atoms with van der Waals surface area (Å²) in [4.78, 5) is 8.16. The molecule has 0 atom stereocenters. The van der Waals surface area contributed by atoms with E-state index in [1.807, 2.05) is 18.2 Å². The molecule has 70 valence electrons. The van der Waals surface area contributed by atoms with E-state index in [9.17, 15) is 0 Å². The number of nitrogens with zero attached hydrogens (tertiary/aromatic N) is 2. The number of rotatable bonds is 2. The first-order chi connectivity index (χ1) is 6.84. The number of hydrogen-bond donors (Lipinski definition) is 0. The van der Waals surface area contributed by atoms with Crippen LogP contribution in [0.3, 0.4) is 0 Å². The van der Waals surface area contributed by atoms with Crippen molar-refractivity contribution in [1.82, 2.24) is 9.97 Å². The van der Waals surface area contributed by atoms with Crippen LogP contribution in [0, 0.1) is 0 Å². The van der Waals surface area contributed by atoms with Crippen LogP contribution in [0.15, 0.2) is 42.7 Å². The fourth-order valence-electron chi connectivity index (χ4n) is 1.24. The molecule has 2 rings (SSSR count). The van der Waals surface area contributed by atoms with Crippen LogP contribution in [0.2, 0.25) is 5.15 Å². The molecular weight excluding hydrogens is 196 g/mol. The van der Waals surface area contributed by atoms with E-state index in [-0.39, 0.29) is 0 Å². The largest absolute Gasteiger partial charge is 0.256 e. The first-order valence-corrected chi connectivity index (χ1v) is 4.73. The molecular formula is C11H9ClN2. The van der Waals surface area contributed by atoms with Crippen LogP contribution in [0.25, 0.3) is 0 Å². The number of hydrogen-bond acceptors (Lipinski definition) is 2. The van der Waals surface area contributed by atoms with Gasteiger partial charge in [0.2, 0.25) is 0 Å². The number of halogens is 1. The van der Waals surface area contributed by atoms with Crippen LogP contribution in [0.1, 0.15) is 11.3 Å². The maximum Gasteiger partial charge on any atom is 0.147 e. The molecule has 0 radical (unpaired) electrons. The Labute approximate surface area is 87.6 Å². The smallest absolute Gasteiger partial charge is 0.147 e. The molecule has 0 aliphatic carbocycles. The van der Waals surface area contributed by atoms with Crippen LogP contribution in [0.5, 0.6) is 0 Å².